The highest BCUT2D eigenvalue weighted by atomic mass is 19.1. The molecular formula is C17H21FO3. The molecule has 0 aliphatic heterocycles. The minimum atomic E-state index is -0.933. The Morgan fingerprint density at radius 2 is 1.81 bits per heavy atom. The predicted octanol–water partition coefficient (Wildman–Crippen LogP) is 3.62. The largest absolute Gasteiger partial charge is 0.468 e. The highest BCUT2D eigenvalue weighted by Crippen LogP contribution is 2.30. The number of esters is 1. The van der Waals surface area contributed by atoms with Gasteiger partial charge in [-0.25, -0.2) is 4.39 Å². The van der Waals surface area contributed by atoms with E-state index < -0.39 is 11.9 Å². The summed E-state index contributed by atoms with van der Waals surface area (Å²) in [6.45, 7) is 0. The molecule has 0 heterocycles. The van der Waals surface area contributed by atoms with E-state index in [1.807, 2.05) is 0 Å². The Morgan fingerprint density at radius 1 is 1.19 bits per heavy atom. The van der Waals surface area contributed by atoms with Crippen molar-refractivity contribution in [1.82, 2.24) is 0 Å². The number of rotatable bonds is 5. The van der Waals surface area contributed by atoms with E-state index in [0.717, 1.165) is 25.7 Å². The number of halogens is 1. The van der Waals surface area contributed by atoms with Crippen molar-refractivity contribution in [2.45, 2.75) is 44.4 Å². The molecule has 1 aliphatic carbocycles. The number of hydrogen-bond acceptors (Lipinski definition) is 3. The second-order valence-corrected chi connectivity index (χ2v) is 5.68. The predicted molar refractivity (Wildman–Crippen MR) is 77.4 cm³/mol. The van der Waals surface area contributed by atoms with Crippen LogP contribution >= 0.6 is 0 Å². The second-order valence-electron chi connectivity index (χ2n) is 5.68. The maximum atomic E-state index is 13.0. The highest BCUT2D eigenvalue weighted by Gasteiger charge is 2.31. The van der Waals surface area contributed by atoms with Crippen LogP contribution in [0.3, 0.4) is 0 Å². The number of hydrogen-bond donors (Lipinski definition) is 0. The molecule has 1 unspecified atom stereocenters. The summed E-state index contributed by atoms with van der Waals surface area (Å²) < 4.78 is 17.8. The number of Topliss-reactive ketones (excluding diaryl/α,β-unsaturated/α-hetero) is 1. The highest BCUT2D eigenvalue weighted by molar-refractivity contribution is 6.04. The standard InChI is InChI=1S/C17H21FO3/c1-21-17(20)16(13-7-9-14(18)10-8-13)15(19)11-12-5-3-2-4-6-12/h7-10,12,16H,2-6,11H2,1H3. The van der Waals surface area contributed by atoms with Crippen molar-refractivity contribution in [3.8, 4) is 0 Å². The first kappa shape index (κ1) is 15.7. The molecular weight excluding hydrogens is 271 g/mol. The molecule has 0 saturated heterocycles. The minimum Gasteiger partial charge on any atom is -0.468 e. The van der Waals surface area contributed by atoms with Gasteiger partial charge in [0.1, 0.15) is 11.7 Å². The van der Waals surface area contributed by atoms with Gasteiger partial charge in [0.2, 0.25) is 0 Å². The van der Waals surface area contributed by atoms with Gasteiger partial charge in [-0.1, -0.05) is 44.2 Å². The van der Waals surface area contributed by atoms with Crippen LogP contribution in [0.1, 0.15) is 50.0 Å². The topological polar surface area (TPSA) is 43.4 Å². The second kappa shape index (κ2) is 7.34. The van der Waals surface area contributed by atoms with E-state index in [2.05, 4.69) is 0 Å². The normalized spacial score (nSPS) is 17.2. The molecule has 0 N–H and O–H groups in total. The number of benzene rings is 1. The van der Waals surface area contributed by atoms with Gasteiger partial charge in [0.25, 0.3) is 0 Å². The van der Waals surface area contributed by atoms with Gasteiger partial charge >= 0.3 is 5.97 Å². The van der Waals surface area contributed by atoms with Gasteiger partial charge in [0.15, 0.2) is 5.78 Å². The van der Waals surface area contributed by atoms with E-state index in [1.54, 1.807) is 0 Å². The van der Waals surface area contributed by atoms with Crippen molar-refractivity contribution < 1.29 is 18.7 Å². The summed E-state index contributed by atoms with van der Waals surface area (Å²) in [4.78, 5) is 24.4. The van der Waals surface area contributed by atoms with Crippen molar-refractivity contribution in [3.63, 3.8) is 0 Å². The van der Waals surface area contributed by atoms with Gasteiger partial charge in [0.05, 0.1) is 7.11 Å². The van der Waals surface area contributed by atoms with Crippen LogP contribution in [0.15, 0.2) is 24.3 Å². The molecule has 0 radical (unpaired) electrons. The third-order valence-corrected chi connectivity index (χ3v) is 4.18. The molecule has 1 atom stereocenters. The molecule has 0 aromatic heterocycles. The summed E-state index contributed by atoms with van der Waals surface area (Å²) in [6, 6.07) is 5.49. The molecule has 1 aromatic rings. The Balaban J connectivity index is 2.13. The number of methoxy groups -OCH3 is 1. The van der Waals surface area contributed by atoms with Crippen LogP contribution in [-0.2, 0) is 14.3 Å². The number of carbonyl (C=O) groups is 2. The summed E-state index contributed by atoms with van der Waals surface area (Å²) >= 11 is 0. The van der Waals surface area contributed by atoms with Gasteiger partial charge in [-0.05, 0) is 23.6 Å². The SMILES string of the molecule is COC(=O)C(C(=O)CC1CCCCC1)c1ccc(F)cc1. The fourth-order valence-electron chi connectivity index (χ4n) is 3.02. The monoisotopic (exact) mass is 292 g/mol. The third-order valence-electron chi connectivity index (χ3n) is 4.18. The van der Waals surface area contributed by atoms with Crippen molar-refractivity contribution in [1.29, 1.82) is 0 Å². The van der Waals surface area contributed by atoms with Crippen LogP contribution in [0, 0.1) is 11.7 Å². The molecule has 4 heteroatoms. The van der Waals surface area contributed by atoms with E-state index in [4.69, 9.17) is 4.74 Å². The third kappa shape index (κ3) is 4.13. The smallest absolute Gasteiger partial charge is 0.320 e. The minimum absolute atomic E-state index is 0.125. The van der Waals surface area contributed by atoms with E-state index in [1.165, 1.54) is 37.8 Å². The first-order valence-corrected chi connectivity index (χ1v) is 7.48. The molecule has 0 bridgehead atoms. The van der Waals surface area contributed by atoms with Crippen LogP contribution in [0.25, 0.3) is 0 Å². The van der Waals surface area contributed by atoms with E-state index in [-0.39, 0.29) is 11.6 Å². The molecule has 1 fully saturated rings. The first-order valence-electron chi connectivity index (χ1n) is 7.48. The Bertz CT molecular complexity index is 489. The molecule has 1 aromatic carbocycles. The molecule has 2 rings (SSSR count). The molecule has 1 aliphatic rings. The Labute approximate surface area is 124 Å². The van der Waals surface area contributed by atoms with Crippen molar-refractivity contribution in [3.05, 3.63) is 35.6 Å². The first-order chi connectivity index (χ1) is 10.1. The molecule has 114 valence electrons. The summed E-state index contributed by atoms with van der Waals surface area (Å²) in [6.07, 6.45) is 6.01. The quantitative estimate of drug-likeness (QED) is 0.615. The van der Waals surface area contributed by atoms with Crippen LogP contribution < -0.4 is 0 Å². The van der Waals surface area contributed by atoms with E-state index in [0.29, 0.717) is 17.9 Å². The van der Waals surface area contributed by atoms with Gasteiger partial charge in [-0.15, -0.1) is 0 Å². The zero-order chi connectivity index (χ0) is 15.2. The van der Waals surface area contributed by atoms with Gasteiger partial charge in [0, 0.05) is 6.42 Å². The maximum absolute atomic E-state index is 13.0. The molecule has 0 amide bonds. The summed E-state index contributed by atoms with van der Waals surface area (Å²) in [5, 5.41) is 0. The fraction of sp³-hybridized carbons (Fsp3) is 0.529. The lowest BCUT2D eigenvalue weighted by molar-refractivity contribution is -0.146. The van der Waals surface area contributed by atoms with Gasteiger partial charge in [-0.2, -0.15) is 0 Å². The summed E-state index contributed by atoms with van der Waals surface area (Å²) in [7, 11) is 1.27. The van der Waals surface area contributed by atoms with Crippen molar-refractivity contribution >= 4 is 11.8 Å². The lowest BCUT2D eigenvalue weighted by atomic mass is 9.82. The zero-order valence-electron chi connectivity index (χ0n) is 12.3. The fourth-order valence-corrected chi connectivity index (χ4v) is 3.02. The maximum Gasteiger partial charge on any atom is 0.320 e. The average Bonchev–Trinajstić information content (AvgIpc) is 2.50. The van der Waals surface area contributed by atoms with E-state index >= 15 is 0 Å². The van der Waals surface area contributed by atoms with E-state index in [9.17, 15) is 14.0 Å². The molecule has 3 nitrogen and oxygen atoms in total. The van der Waals surface area contributed by atoms with Crippen molar-refractivity contribution in [2.24, 2.45) is 5.92 Å². The number of carbonyl (C=O) groups excluding carboxylic acids is 2. The molecule has 21 heavy (non-hydrogen) atoms. The number of ketones is 1. The number of ether oxygens (including phenoxy) is 1. The van der Waals surface area contributed by atoms with Crippen LogP contribution in [-0.4, -0.2) is 18.9 Å². The van der Waals surface area contributed by atoms with Crippen LogP contribution in [0.4, 0.5) is 4.39 Å². The lowest BCUT2D eigenvalue weighted by Crippen LogP contribution is -2.25. The summed E-state index contributed by atoms with van der Waals surface area (Å²) in [5.41, 5.74) is 0.504. The Morgan fingerprint density at radius 3 is 2.38 bits per heavy atom. The molecule has 0 spiro atoms. The average molecular weight is 292 g/mol. The zero-order valence-corrected chi connectivity index (χ0v) is 12.3. The van der Waals surface area contributed by atoms with Crippen LogP contribution in [0.2, 0.25) is 0 Å². The lowest BCUT2D eigenvalue weighted by Gasteiger charge is -2.22. The van der Waals surface area contributed by atoms with Crippen molar-refractivity contribution in [2.75, 3.05) is 7.11 Å². The van der Waals surface area contributed by atoms with Gasteiger partial charge < -0.3 is 4.74 Å². The summed E-state index contributed by atoms with van der Waals surface area (Å²) in [5.74, 6) is -1.65. The molecule has 1 saturated carbocycles. The van der Waals surface area contributed by atoms with Gasteiger partial charge in [-0.3, -0.25) is 9.59 Å². The Hall–Kier alpha value is -1.71. The van der Waals surface area contributed by atoms with Crippen LogP contribution in [0.5, 0.6) is 0 Å². The Kier molecular flexibility index (Phi) is 5.48.